The molecular weight excluding hydrogens is 264 g/mol. The molecule has 3 N–H and O–H groups in total. The molecule has 1 heterocycles. The fourth-order valence-electron chi connectivity index (χ4n) is 2.39. The summed E-state index contributed by atoms with van der Waals surface area (Å²) in [6, 6.07) is 11.6. The Morgan fingerprint density at radius 3 is 2.81 bits per heavy atom. The molecule has 0 spiro atoms. The summed E-state index contributed by atoms with van der Waals surface area (Å²) >= 11 is 0. The summed E-state index contributed by atoms with van der Waals surface area (Å²) in [5.41, 5.74) is 10.1. The molecule has 21 heavy (non-hydrogen) atoms. The fraction of sp³-hybridized carbons (Fsp3) is 0.125. The summed E-state index contributed by atoms with van der Waals surface area (Å²) in [7, 11) is 1.94. The van der Waals surface area contributed by atoms with Crippen molar-refractivity contribution in [2.75, 3.05) is 17.7 Å². The van der Waals surface area contributed by atoms with Crippen LogP contribution < -0.4 is 16.2 Å². The van der Waals surface area contributed by atoms with E-state index >= 15 is 0 Å². The third-order valence-corrected chi connectivity index (χ3v) is 3.54. The lowest BCUT2D eigenvalue weighted by molar-refractivity contribution is 1.16. The molecule has 0 aliphatic heterocycles. The zero-order valence-electron chi connectivity index (χ0n) is 11.9. The Kier molecular flexibility index (Phi) is 3.10. The molecule has 0 atom stereocenters. The van der Waals surface area contributed by atoms with Gasteiger partial charge in [-0.15, -0.1) is 0 Å². The molecule has 0 fully saturated rings. The Hall–Kier alpha value is -2.82. The Balaban J connectivity index is 2.16. The number of aryl methyl sites for hydroxylation is 1. The molecule has 1 aromatic heterocycles. The van der Waals surface area contributed by atoms with Crippen LogP contribution in [0.5, 0.6) is 0 Å². The first-order chi connectivity index (χ1) is 10.1. The smallest absolute Gasteiger partial charge is 0.258 e. The molecule has 106 valence electrons. The Morgan fingerprint density at radius 1 is 1.24 bits per heavy atom. The Bertz CT molecular complexity index is 870. The van der Waals surface area contributed by atoms with Crippen LogP contribution in [0.1, 0.15) is 5.56 Å². The van der Waals surface area contributed by atoms with E-state index in [-0.39, 0.29) is 5.56 Å². The van der Waals surface area contributed by atoms with Crippen molar-refractivity contribution >= 4 is 28.0 Å². The van der Waals surface area contributed by atoms with Crippen molar-refractivity contribution in [1.29, 1.82) is 0 Å². The van der Waals surface area contributed by atoms with E-state index in [2.05, 4.69) is 16.0 Å². The molecule has 0 aliphatic carbocycles. The van der Waals surface area contributed by atoms with Gasteiger partial charge in [-0.3, -0.25) is 4.79 Å². The molecule has 3 rings (SSSR count). The first-order valence-corrected chi connectivity index (χ1v) is 6.63. The molecule has 0 unspecified atom stereocenters. The van der Waals surface area contributed by atoms with E-state index in [1.54, 1.807) is 6.07 Å². The zero-order chi connectivity index (χ0) is 15.0. The van der Waals surface area contributed by atoms with E-state index in [9.17, 15) is 4.79 Å². The highest BCUT2D eigenvalue weighted by Crippen LogP contribution is 2.31. The van der Waals surface area contributed by atoms with Crippen molar-refractivity contribution in [3.8, 4) is 0 Å². The predicted octanol–water partition coefficient (Wildman–Crippen LogP) is 2.58. The second-order valence-corrected chi connectivity index (χ2v) is 5.06. The van der Waals surface area contributed by atoms with Gasteiger partial charge < -0.3 is 15.6 Å². The van der Waals surface area contributed by atoms with Crippen molar-refractivity contribution in [2.45, 2.75) is 6.92 Å². The minimum Gasteiger partial charge on any atom is -0.397 e. The lowest BCUT2D eigenvalue weighted by Crippen LogP contribution is -2.13. The van der Waals surface area contributed by atoms with Crippen molar-refractivity contribution in [1.82, 2.24) is 9.97 Å². The molecule has 2 aromatic carbocycles. The number of fused-ring (bicyclic) bond motifs is 1. The Morgan fingerprint density at radius 2 is 2.05 bits per heavy atom. The van der Waals surface area contributed by atoms with E-state index in [1.165, 1.54) is 11.9 Å². The van der Waals surface area contributed by atoms with E-state index in [1.807, 2.05) is 43.1 Å². The molecule has 0 bridgehead atoms. The molecule has 0 amide bonds. The standard InChI is InChI=1S/C16H16N4O/c1-10-4-3-5-11(6-10)20(2)15-8-14-12(7-13(15)17)16(21)19-9-18-14/h3-9H,17H2,1-2H3,(H,18,19,21). The van der Waals surface area contributed by atoms with Gasteiger partial charge in [0.15, 0.2) is 0 Å². The lowest BCUT2D eigenvalue weighted by Gasteiger charge is -2.22. The number of rotatable bonds is 2. The Labute approximate surface area is 122 Å². The monoisotopic (exact) mass is 280 g/mol. The van der Waals surface area contributed by atoms with Crippen LogP contribution in [0.25, 0.3) is 10.9 Å². The van der Waals surface area contributed by atoms with Gasteiger partial charge in [-0.1, -0.05) is 12.1 Å². The molecular formula is C16H16N4O. The number of anilines is 3. The minimum atomic E-state index is -0.184. The van der Waals surface area contributed by atoms with Gasteiger partial charge >= 0.3 is 0 Å². The summed E-state index contributed by atoms with van der Waals surface area (Å²) in [6.45, 7) is 2.04. The number of hydrogen-bond donors (Lipinski definition) is 2. The zero-order valence-corrected chi connectivity index (χ0v) is 11.9. The average molecular weight is 280 g/mol. The number of nitrogens with zero attached hydrogens (tertiary/aromatic N) is 2. The van der Waals surface area contributed by atoms with E-state index < -0.39 is 0 Å². The van der Waals surface area contributed by atoms with Gasteiger partial charge in [-0.25, -0.2) is 4.98 Å². The van der Waals surface area contributed by atoms with Crippen LogP contribution in [-0.4, -0.2) is 17.0 Å². The summed E-state index contributed by atoms with van der Waals surface area (Å²) in [6.07, 6.45) is 1.40. The maximum Gasteiger partial charge on any atom is 0.258 e. The molecule has 0 saturated heterocycles. The van der Waals surface area contributed by atoms with Crippen molar-refractivity contribution in [3.05, 3.63) is 58.6 Å². The van der Waals surface area contributed by atoms with Crippen LogP contribution in [-0.2, 0) is 0 Å². The van der Waals surface area contributed by atoms with Gasteiger partial charge in [0.25, 0.3) is 5.56 Å². The number of hydrogen-bond acceptors (Lipinski definition) is 4. The number of nitrogens with one attached hydrogen (secondary N) is 1. The van der Waals surface area contributed by atoms with Gasteiger partial charge in [0.1, 0.15) is 0 Å². The number of H-pyrrole nitrogens is 1. The van der Waals surface area contributed by atoms with E-state index in [4.69, 9.17) is 5.73 Å². The third kappa shape index (κ3) is 2.33. The van der Waals surface area contributed by atoms with Crippen LogP contribution in [0.4, 0.5) is 17.1 Å². The highest BCUT2D eigenvalue weighted by Gasteiger charge is 2.11. The number of aromatic nitrogens is 2. The second kappa shape index (κ2) is 4.94. The fourth-order valence-corrected chi connectivity index (χ4v) is 2.39. The molecule has 3 aromatic rings. The maximum absolute atomic E-state index is 11.8. The second-order valence-electron chi connectivity index (χ2n) is 5.06. The number of nitrogens with two attached hydrogens (primary N) is 1. The van der Waals surface area contributed by atoms with Crippen LogP contribution >= 0.6 is 0 Å². The number of aromatic amines is 1. The van der Waals surface area contributed by atoms with Gasteiger partial charge in [0.05, 0.1) is 28.6 Å². The normalized spacial score (nSPS) is 10.8. The van der Waals surface area contributed by atoms with Gasteiger partial charge in [-0.05, 0) is 36.8 Å². The van der Waals surface area contributed by atoms with Crippen LogP contribution in [0.2, 0.25) is 0 Å². The van der Waals surface area contributed by atoms with Crippen LogP contribution in [0.15, 0.2) is 47.5 Å². The first-order valence-electron chi connectivity index (χ1n) is 6.63. The van der Waals surface area contributed by atoms with Crippen LogP contribution in [0.3, 0.4) is 0 Å². The van der Waals surface area contributed by atoms with Gasteiger partial charge in [-0.2, -0.15) is 0 Å². The third-order valence-electron chi connectivity index (χ3n) is 3.54. The summed E-state index contributed by atoms with van der Waals surface area (Å²) in [5, 5.41) is 0.497. The van der Waals surface area contributed by atoms with E-state index in [0.29, 0.717) is 16.6 Å². The quantitative estimate of drug-likeness (QED) is 0.707. The van der Waals surface area contributed by atoms with Crippen molar-refractivity contribution < 1.29 is 0 Å². The SMILES string of the molecule is Cc1cccc(N(C)c2cc3nc[nH]c(=O)c3cc2N)c1. The summed E-state index contributed by atoms with van der Waals surface area (Å²) in [4.78, 5) is 20.5. The average Bonchev–Trinajstić information content (AvgIpc) is 2.47. The van der Waals surface area contributed by atoms with Crippen LogP contribution in [0, 0.1) is 6.92 Å². The predicted molar refractivity (Wildman–Crippen MR) is 86.0 cm³/mol. The van der Waals surface area contributed by atoms with Gasteiger partial charge in [0, 0.05) is 12.7 Å². The highest BCUT2D eigenvalue weighted by molar-refractivity contribution is 5.90. The highest BCUT2D eigenvalue weighted by atomic mass is 16.1. The largest absolute Gasteiger partial charge is 0.397 e. The molecule has 0 saturated carbocycles. The number of nitrogen functional groups attached to an aromatic ring is 1. The topological polar surface area (TPSA) is 75.0 Å². The minimum absolute atomic E-state index is 0.184. The molecule has 5 heteroatoms. The molecule has 0 aliphatic rings. The lowest BCUT2D eigenvalue weighted by atomic mass is 10.1. The summed E-state index contributed by atoms with van der Waals surface area (Å²) in [5.74, 6) is 0. The maximum atomic E-state index is 11.8. The summed E-state index contributed by atoms with van der Waals surface area (Å²) < 4.78 is 0. The molecule has 0 radical (unpaired) electrons. The van der Waals surface area contributed by atoms with Crippen molar-refractivity contribution in [3.63, 3.8) is 0 Å². The van der Waals surface area contributed by atoms with E-state index in [0.717, 1.165) is 11.4 Å². The molecule has 5 nitrogen and oxygen atoms in total. The number of benzene rings is 2. The first kappa shape index (κ1) is 13.2. The van der Waals surface area contributed by atoms with Crippen molar-refractivity contribution in [2.24, 2.45) is 0 Å². The van der Waals surface area contributed by atoms with Gasteiger partial charge in [0.2, 0.25) is 0 Å².